The molecule has 1 aliphatic rings. The number of hydrogen-bond donors (Lipinski definition) is 3. The number of rotatable bonds is 9. The summed E-state index contributed by atoms with van der Waals surface area (Å²) in [5, 5.41) is 5.00. The van der Waals surface area contributed by atoms with E-state index in [1.807, 2.05) is 12.1 Å². The number of carbonyl (C=O) groups is 2. The van der Waals surface area contributed by atoms with E-state index >= 15 is 0 Å². The molecule has 0 bridgehead atoms. The summed E-state index contributed by atoms with van der Waals surface area (Å²) in [6.45, 7) is 2.90. The van der Waals surface area contributed by atoms with E-state index < -0.39 is 32.0 Å². The Kier molecular flexibility index (Phi) is 7.40. The number of benzene rings is 2. The standard InChI is InChI=1S/C21H26N4O6S2/c1-15(24-33(30,31)19-9-7-18(8-10-19)23-16(2)26)21(27)22-12-14-32(28,29)25-13-11-17-5-3-4-6-20(17)25/h3-10,15,24H,11-14H2,1-2H3,(H,22,27)(H,23,26)/t15-/m0/s1. The highest BCUT2D eigenvalue weighted by Crippen LogP contribution is 2.29. The van der Waals surface area contributed by atoms with Gasteiger partial charge in [0, 0.05) is 25.7 Å². The molecule has 2 amide bonds. The second kappa shape index (κ2) is 9.89. The number of carbonyl (C=O) groups excluding carboxylic acids is 2. The molecular formula is C21H26N4O6S2. The maximum absolute atomic E-state index is 12.7. The van der Waals surface area contributed by atoms with Gasteiger partial charge in [-0.15, -0.1) is 0 Å². The third-order valence-corrected chi connectivity index (χ3v) is 8.38. The summed E-state index contributed by atoms with van der Waals surface area (Å²) in [6, 6.07) is 11.6. The molecule has 33 heavy (non-hydrogen) atoms. The topological polar surface area (TPSA) is 142 Å². The number of amides is 2. The van der Waals surface area contributed by atoms with Crippen LogP contribution in [0.3, 0.4) is 0 Å². The van der Waals surface area contributed by atoms with Crippen LogP contribution in [0.1, 0.15) is 19.4 Å². The van der Waals surface area contributed by atoms with Crippen LogP contribution in [0.15, 0.2) is 53.4 Å². The van der Waals surface area contributed by atoms with Gasteiger partial charge in [-0.05, 0) is 49.2 Å². The van der Waals surface area contributed by atoms with Gasteiger partial charge < -0.3 is 10.6 Å². The van der Waals surface area contributed by atoms with Crippen LogP contribution in [0.25, 0.3) is 0 Å². The lowest BCUT2D eigenvalue weighted by molar-refractivity contribution is -0.122. The van der Waals surface area contributed by atoms with Gasteiger partial charge in [0.05, 0.1) is 22.4 Å². The molecule has 12 heteroatoms. The minimum absolute atomic E-state index is 0.0773. The molecule has 0 saturated carbocycles. The summed E-state index contributed by atoms with van der Waals surface area (Å²) in [5.41, 5.74) is 2.04. The zero-order valence-electron chi connectivity index (χ0n) is 18.2. The average Bonchev–Trinajstić information content (AvgIpc) is 3.18. The van der Waals surface area contributed by atoms with E-state index in [0.29, 0.717) is 24.3 Å². The lowest BCUT2D eigenvalue weighted by Crippen LogP contribution is -2.46. The first-order chi connectivity index (χ1) is 15.5. The highest BCUT2D eigenvalue weighted by atomic mass is 32.2. The van der Waals surface area contributed by atoms with Crippen LogP contribution in [0, 0.1) is 0 Å². The lowest BCUT2D eigenvalue weighted by atomic mass is 10.2. The number of para-hydroxylation sites is 1. The molecule has 0 saturated heterocycles. The van der Waals surface area contributed by atoms with Crippen molar-refractivity contribution in [1.29, 1.82) is 0 Å². The molecule has 0 unspecified atom stereocenters. The minimum Gasteiger partial charge on any atom is -0.354 e. The third-order valence-electron chi connectivity index (χ3n) is 5.05. The van der Waals surface area contributed by atoms with Crippen molar-refractivity contribution in [3.05, 3.63) is 54.1 Å². The molecule has 2 aromatic rings. The average molecular weight is 495 g/mol. The maximum Gasteiger partial charge on any atom is 0.241 e. The largest absolute Gasteiger partial charge is 0.354 e. The second-order valence-electron chi connectivity index (χ2n) is 7.61. The minimum atomic E-state index is -4.00. The Morgan fingerprint density at radius 3 is 2.36 bits per heavy atom. The highest BCUT2D eigenvalue weighted by molar-refractivity contribution is 7.92. The van der Waals surface area contributed by atoms with Crippen molar-refractivity contribution in [1.82, 2.24) is 10.0 Å². The van der Waals surface area contributed by atoms with Crippen molar-refractivity contribution in [3.8, 4) is 0 Å². The van der Waals surface area contributed by atoms with Crippen molar-refractivity contribution < 1.29 is 26.4 Å². The van der Waals surface area contributed by atoms with Crippen LogP contribution in [0.2, 0.25) is 0 Å². The molecule has 0 radical (unpaired) electrons. The molecule has 0 spiro atoms. The molecule has 3 rings (SSSR count). The molecule has 1 atom stereocenters. The van der Waals surface area contributed by atoms with Gasteiger partial charge in [0.25, 0.3) is 0 Å². The van der Waals surface area contributed by atoms with Crippen LogP contribution in [0.5, 0.6) is 0 Å². The quantitative estimate of drug-likeness (QED) is 0.471. The fourth-order valence-corrected chi connectivity index (χ4v) is 6.07. The van der Waals surface area contributed by atoms with E-state index in [1.54, 1.807) is 12.1 Å². The maximum atomic E-state index is 12.7. The van der Waals surface area contributed by atoms with Crippen molar-refractivity contribution in [2.75, 3.05) is 28.5 Å². The van der Waals surface area contributed by atoms with Crippen molar-refractivity contribution >= 4 is 43.2 Å². The first kappa shape index (κ1) is 24.7. The van der Waals surface area contributed by atoms with E-state index in [1.165, 1.54) is 42.4 Å². The number of nitrogens with one attached hydrogen (secondary N) is 3. The molecule has 2 aromatic carbocycles. The van der Waals surface area contributed by atoms with Crippen molar-refractivity contribution in [2.45, 2.75) is 31.2 Å². The van der Waals surface area contributed by atoms with E-state index in [9.17, 15) is 26.4 Å². The van der Waals surface area contributed by atoms with E-state index in [2.05, 4.69) is 15.4 Å². The fourth-order valence-electron chi connectivity index (χ4n) is 3.44. The molecule has 0 aromatic heterocycles. The van der Waals surface area contributed by atoms with Crippen LogP contribution in [0.4, 0.5) is 11.4 Å². The molecule has 0 aliphatic carbocycles. The van der Waals surface area contributed by atoms with Crippen molar-refractivity contribution in [2.24, 2.45) is 0 Å². The monoisotopic (exact) mass is 494 g/mol. The van der Waals surface area contributed by atoms with Gasteiger partial charge in [0.2, 0.25) is 31.9 Å². The molecule has 3 N–H and O–H groups in total. The number of anilines is 2. The van der Waals surface area contributed by atoms with Gasteiger partial charge >= 0.3 is 0 Å². The number of sulfonamides is 2. The zero-order chi connectivity index (χ0) is 24.2. The lowest BCUT2D eigenvalue weighted by Gasteiger charge is -2.20. The Labute approximate surface area is 193 Å². The first-order valence-electron chi connectivity index (χ1n) is 10.3. The molecule has 10 nitrogen and oxygen atoms in total. The molecular weight excluding hydrogens is 468 g/mol. The number of nitrogens with zero attached hydrogens (tertiary/aromatic N) is 1. The SMILES string of the molecule is CC(=O)Nc1ccc(S(=O)(=O)N[C@@H](C)C(=O)NCCS(=O)(=O)N2CCc3ccccc32)cc1. The first-order valence-corrected chi connectivity index (χ1v) is 13.3. The molecule has 1 heterocycles. The zero-order valence-corrected chi connectivity index (χ0v) is 19.9. The summed E-state index contributed by atoms with van der Waals surface area (Å²) in [5.74, 6) is -1.24. The molecule has 178 valence electrons. The smallest absolute Gasteiger partial charge is 0.241 e. The summed E-state index contributed by atoms with van der Waals surface area (Å²) < 4.78 is 54.0. The van der Waals surface area contributed by atoms with Crippen LogP contribution in [-0.2, 0) is 36.1 Å². The third kappa shape index (κ3) is 6.09. The van der Waals surface area contributed by atoms with Gasteiger partial charge in [0.1, 0.15) is 0 Å². The summed E-state index contributed by atoms with van der Waals surface area (Å²) >= 11 is 0. The van der Waals surface area contributed by atoms with Gasteiger partial charge in [-0.2, -0.15) is 4.72 Å². The predicted octanol–water partition coefficient (Wildman–Crippen LogP) is 0.821. The van der Waals surface area contributed by atoms with Gasteiger partial charge in [-0.3, -0.25) is 13.9 Å². The Bertz CT molecular complexity index is 1240. The predicted molar refractivity (Wildman–Crippen MR) is 125 cm³/mol. The van der Waals surface area contributed by atoms with Crippen LogP contribution in [-0.4, -0.2) is 53.5 Å². The summed E-state index contributed by atoms with van der Waals surface area (Å²) in [7, 11) is -7.64. The van der Waals surface area contributed by atoms with E-state index in [4.69, 9.17) is 0 Å². The normalized spacial score (nSPS) is 14.4. The van der Waals surface area contributed by atoms with E-state index in [-0.39, 0.29) is 23.1 Å². The highest BCUT2D eigenvalue weighted by Gasteiger charge is 2.29. The number of hydrogen-bond acceptors (Lipinski definition) is 6. The van der Waals surface area contributed by atoms with Crippen molar-refractivity contribution in [3.63, 3.8) is 0 Å². The fraction of sp³-hybridized carbons (Fsp3) is 0.333. The Morgan fingerprint density at radius 1 is 1.03 bits per heavy atom. The van der Waals surface area contributed by atoms with Gasteiger partial charge in [-0.25, -0.2) is 16.8 Å². The van der Waals surface area contributed by atoms with Gasteiger partial charge in [0.15, 0.2) is 0 Å². The summed E-state index contributed by atoms with van der Waals surface area (Å²) in [6.07, 6.45) is 0.631. The Hall–Kier alpha value is -2.96. The van der Waals surface area contributed by atoms with Gasteiger partial charge in [-0.1, -0.05) is 18.2 Å². The van der Waals surface area contributed by atoms with E-state index in [0.717, 1.165) is 5.56 Å². The molecule has 1 aliphatic heterocycles. The van der Waals surface area contributed by atoms with Crippen LogP contribution >= 0.6 is 0 Å². The second-order valence-corrected chi connectivity index (χ2v) is 11.3. The van der Waals surface area contributed by atoms with Crippen LogP contribution < -0.4 is 19.7 Å². The Morgan fingerprint density at radius 2 is 1.70 bits per heavy atom. The number of fused-ring (bicyclic) bond motifs is 1. The molecule has 0 fully saturated rings. The summed E-state index contributed by atoms with van der Waals surface area (Å²) in [4.78, 5) is 23.3. The Balaban J connectivity index is 1.53.